The second-order valence-electron chi connectivity index (χ2n) is 3.81. The summed E-state index contributed by atoms with van der Waals surface area (Å²) in [5.41, 5.74) is 6.63. The lowest BCUT2D eigenvalue weighted by molar-refractivity contribution is 0.905. The summed E-state index contributed by atoms with van der Waals surface area (Å²) in [6, 6.07) is 6.16. The van der Waals surface area contributed by atoms with Crippen LogP contribution in [-0.2, 0) is 0 Å². The van der Waals surface area contributed by atoms with Crippen LogP contribution in [0.15, 0.2) is 28.0 Å². The Hall–Kier alpha value is -0.610. The second kappa shape index (κ2) is 6.97. The molecule has 17 heavy (non-hydrogen) atoms. The Morgan fingerprint density at radius 2 is 2.00 bits per heavy atom. The summed E-state index contributed by atoms with van der Waals surface area (Å²) in [5, 5.41) is 8.30. The smallest absolute Gasteiger partial charge is 0.125 e. The van der Waals surface area contributed by atoms with E-state index in [2.05, 4.69) is 32.9 Å². The van der Waals surface area contributed by atoms with E-state index in [1.54, 1.807) is 23.5 Å². The van der Waals surface area contributed by atoms with Gasteiger partial charge in [0.15, 0.2) is 0 Å². The van der Waals surface area contributed by atoms with Crippen molar-refractivity contribution < 1.29 is 0 Å². The standard InChI is InChI=1S/C13H20N2S2/c1-4-9(3)17-11-8-6-7-10(16-5-2)12(11)13(14)15/h6-9H,4-5H2,1-3H3,(H3,14,15). The van der Waals surface area contributed by atoms with Gasteiger partial charge in [-0.3, -0.25) is 5.41 Å². The van der Waals surface area contributed by atoms with Crippen LogP contribution >= 0.6 is 23.5 Å². The Labute approximate surface area is 112 Å². The fraction of sp³-hybridized carbons (Fsp3) is 0.462. The number of nitrogens with one attached hydrogen (secondary N) is 1. The first-order valence-corrected chi connectivity index (χ1v) is 7.73. The molecule has 3 N–H and O–H groups in total. The maximum Gasteiger partial charge on any atom is 0.125 e. The zero-order valence-electron chi connectivity index (χ0n) is 10.6. The molecular weight excluding hydrogens is 248 g/mol. The molecule has 0 aromatic heterocycles. The molecule has 1 aromatic carbocycles. The van der Waals surface area contributed by atoms with Crippen molar-refractivity contribution in [3.8, 4) is 0 Å². The van der Waals surface area contributed by atoms with Gasteiger partial charge in [0.05, 0.1) is 0 Å². The Morgan fingerprint density at radius 3 is 2.53 bits per heavy atom. The molecule has 0 aliphatic carbocycles. The molecule has 0 aliphatic heterocycles. The highest BCUT2D eigenvalue weighted by Gasteiger charge is 2.13. The average molecular weight is 268 g/mol. The lowest BCUT2D eigenvalue weighted by Gasteiger charge is -2.15. The molecule has 0 saturated heterocycles. The SMILES string of the molecule is CCSc1cccc(SC(C)CC)c1C(=N)N. The van der Waals surface area contributed by atoms with E-state index in [1.807, 2.05) is 6.07 Å². The normalized spacial score (nSPS) is 12.4. The maximum absolute atomic E-state index is 7.75. The summed E-state index contributed by atoms with van der Waals surface area (Å²) < 4.78 is 0. The van der Waals surface area contributed by atoms with Gasteiger partial charge in [0.2, 0.25) is 0 Å². The Morgan fingerprint density at radius 1 is 1.35 bits per heavy atom. The topological polar surface area (TPSA) is 49.9 Å². The summed E-state index contributed by atoms with van der Waals surface area (Å²) >= 11 is 3.55. The summed E-state index contributed by atoms with van der Waals surface area (Å²) in [7, 11) is 0. The van der Waals surface area contributed by atoms with Crippen LogP contribution in [0.1, 0.15) is 32.8 Å². The van der Waals surface area contributed by atoms with Crippen LogP contribution in [0, 0.1) is 5.41 Å². The van der Waals surface area contributed by atoms with Crippen molar-refractivity contribution in [1.82, 2.24) is 0 Å². The van der Waals surface area contributed by atoms with Crippen molar-refractivity contribution in [2.75, 3.05) is 5.75 Å². The third-order valence-corrected chi connectivity index (χ3v) is 4.73. The monoisotopic (exact) mass is 268 g/mol. The quantitative estimate of drug-likeness (QED) is 0.466. The fourth-order valence-corrected chi connectivity index (χ4v) is 3.46. The first kappa shape index (κ1) is 14.5. The van der Waals surface area contributed by atoms with E-state index < -0.39 is 0 Å². The van der Waals surface area contributed by atoms with Gasteiger partial charge in [0.1, 0.15) is 5.84 Å². The minimum Gasteiger partial charge on any atom is -0.384 e. The molecule has 94 valence electrons. The summed E-state index contributed by atoms with van der Waals surface area (Å²) in [6.45, 7) is 6.49. The van der Waals surface area contributed by atoms with E-state index in [0.717, 1.165) is 27.5 Å². The van der Waals surface area contributed by atoms with Gasteiger partial charge < -0.3 is 5.73 Å². The van der Waals surface area contributed by atoms with Crippen molar-refractivity contribution in [2.45, 2.75) is 42.2 Å². The third-order valence-electron chi connectivity index (χ3n) is 2.46. The van der Waals surface area contributed by atoms with Gasteiger partial charge in [0, 0.05) is 20.6 Å². The van der Waals surface area contributed by atoms with Gasteiger partial charge in [-0.15, -0.1) is 23.5 Å². The third kappa shape index (κ3) is 3.96. The van der Waals surface area contributed by atoms with Gasteiger partial charge in [-0.2, -0.15) is 0 Å². The highest BCUT2D eigenvalue weighted by molar-refractivity contribution is 8.00. The zero-order chi connectivity index (χ0) is 12.8. The molecule has 0 spiro atoms. The second-order valence-corrected chi connectivity index (χ2v) is 6.60. The van der Waals surface area contributed by atoms with Crippen molar-refractivity contribution in [3.05, 3.63) is 23.8 Å². The molecule has 0 radical (unpaired) electrons. The molecule has 0 heterocycles. The molecule has 0 saturated carbocycles. The lowest BCUT2D eigenvalue weighted by Crippen LogP contribution is -2.14. The predicted molar refractivity (Wildman–Crippen MR) is 79.5 cm³/mol. The van der Waals surface area contributed by atoms with Gasteiger partial charge in [-0.05, 0) is 24.3 Å². The van der Waals surface area contributed by atoms with Crippen LogP contribution in [-0.4, -0.2) is 16.8 Å². The minimum absolute atomic E-state index is 0.173. The Kier molecular flexibility index (Phi) is 5.92. The van der Waals surface area contributed by atoms with Crippen LogP contribution in [0.5, 0.6) is 0 Å². The number of nitrogens with two attached hydrogens (primary N) is 1. The first-order chi connectivity index (χ1) is 8.10. The van der Waals surface area contributed by atoms with E-state index in [1.165, 1.54) is 0 Å². The van der Waals surface area contributed by atoms with E-state index in [0.29, 0.717) is 5.25 Å². The zero-order valence-corrected chi connectivity index (χ0v) is 12.3. The Bertz CT molecular complexity index is 391. The molecule has 1 atom stereocenters. The highest BCUT2D eigenvalue weighted by Crippen LogP contribution is 2.33. The van der Waals surface area contributed by atoms with Crippen molar-refractivity contribution in [1.29, 1.82) is 5.41 Å². The largest absolute Gasteiger partial charge is 0.384 e. The molecule has 1 aromatic rings. The van der Waals surface area contributed by atoms with Crippen molar-refractivity contribution in [3.63, 3.8) is 0 Å². The van der Waals surface area contributed by atoms with E-state index in [9.17, 15) is 0 Å². The number of hydrogen-bond acceptors (Lipinski definition) is 3. The molecule has 1 rings (SSSR count). The van der Waals surface area contributed by atoms with E-state index in [4.69, 9.17) is 11.1 Å². The molecule has 1 unspecified atom stereocenters. The number of thioether (sulfide) groups is 2. The molecule has 0 bridgehead atoms. The number of hydrogen-bond donors (Lipinski definition) is 2. The highest BCUT2D eigenvalue weighted by atomic mass is 32.2. The molecular formula is C13H20N2S2. The average Bonchev–Trinajstić information content (AvgIpc) is 2.29. The molecule has 2 nitrogen and oxygen atoms in total. The fourth-order valence-electron chi connectivity index (χ4n) is 1.45. The van der Waals surface area contributed by atoms with Crippen LogP contribution in [0.3, 0.4) is 0 Å². The van der Waals surface area contributed by atoms with Crippen LogP contribution < -0.4 is 5.73 Å². The van der Waals surface area contributed by atoms with Crippen LogP contribution in [0.4, 0.5) is 0 Å². The number of amidine groups is 1. The van der Waals surface area contributed by atoms with E-state index in [-0.39, 0.29) is 5.84 Å². The van der Waals surface area contributed by atoms with Crippen LogP contribution in [0.2, 0.25) is 0 Å². The van der Waals surface area contributed by atoms with Gasteiger partial charge in [0.25, 0.3) is 0 Å². The van der Waals surface area contributed by atoms with Crippen molar-refractivity contribution >= 4 is 29.4 Å². The maximum atomic E-state index is 7.75. The predicted octanol–water partition coefficient (Wildman–Crippen LogP) is 3.97. The first-order valence-electron chi connectivity index (χ1n) is 5.87. The van der Waals surface area contributed by atoms with Gasteiger partial charge in [-0.25, -0.2) is 0 Å². The van der Waals surface area contributed by atoms with Crippen LogP contribution in [0.25, 0.3) is 0 Å². The molecule has 0 fully saturated rings. The molecule has 0 aliphatic rings. The van der Waals surface area contributed by atoms with Gasteiger partial charge >= 0.3 is 0 Å². The summed E-state index contributed by atoms with van der Waals surface area (Å²) in [5.74, 6) is 1.17. The number of benzene rings is 1. The van der Waals surface area contributed by atoms with Gasteiger partial charge in [-0.1, -0.05) is 26.8 Å². The molecule has 0 amide bonds. The summed E-state index contributed by atoms with van der Waals surface area (Å²) in [4.78, 5) is 2.25. The van der Waals surface area contributed by atoms with E-state index >= 15 is 0 Å². The minimum atomic E-state index is 0.173. The molecule has 4 heteroatoms. The lowest BCUT2D eigenvalue weighted by atomic mass is 10.2. The Balaban J connectivity index is 3.10. The number of rotatable bonds is 6. The summed E-state index contributed by atoms with van der Waals surface area (Å²) in [6.07, 6.45) is 1.12. The van der Waals surface area contributed by atoms with Crippen molar-refractivity contribution in [2.24, 2.45) is 5.73 Å². The number of nitrogen functional groups attached to an aromatic ring is 1.